The molecule has 1 saturated heterocycles. The molecule has 3 rings (SSSR count). The summed E-state index contributed by atoms with van der Waals surface area (Å²) in [6.07, 6.45) is 1.26. The maximum Gasteiger partial charge on any atom is 0.119 e. The molecule has 2 atom stereocenters. The van der Waals surface area contributed by atoms with Crippen LogP contribution in [0.15, 0.2) is 54.6 Å². The quantitative estimate of drug-likeness (QED) is 0.876. The summed E-state index contributed by atoms with van der Waals surface area (Å²) in [4.78, 5) is 2.49. The Morgan fingerprint density at radius 1 is 1.17 bits per heavy atom. The number of nitrogens with one attached hydrogen (secondary N) is 1. The van der Waals surface area contributed by atoms with Gasteiger partial charge in [-0.3, -0.25) is 0 Å². The van der Waals surface area contributed by atoms with Gasteiger partial charge in [-0.1, -0.05) is 30.3 Å². The van der Waals surface area contributed by atoms with Crippen LogP contribution in [0.1, 0.15) is 24.9 Å². The largest absolute Gasteiger partial charge is 0.497 e. The first-order chi connectivity index (χ1) is 11.3. The first-order valence-corrected chi connectivity index (χ1v) is 8.43. The first kappa shape index (κ1) is 15.9. The van der Waals surface area contributed by atoms with Gasteiger partial charge in [0.15, 0.2) is 0 Å². The Morgan fingerprint density at radius 3 is 2.78 bits per heavy atom. The fraction of sp³-hybridized carbons (Fsp3) is 0.400. The Labute approximate surface area is 139 Å². The highest BCUT2D eigenvalue weighted by molar-refractivity contribution is 5.46. The summed E-state index contributed by atoms with van der Waals surface area (Å²) in [5, 5.41) is 3.68. The van der Waals surface area contributed by atoms with E-state index in [1.165, 1.54) is 17.7 Å². The van der Waals surface area contributed by atoms with Crippen LogP contribution in [-0.4, -0.2) is 26.7 Å². The van der Waals surface area contributed by atoms with Crippen LogP contribution in [0.25, 0.3) is 0 Å². The number of benzene rings is 2. The highest BCUT2D eigenvalue weighted by Gasteiger charge is 2.22. The van der Waals surface area contributed by atoms with Gasteiger partial charge in [-0.25, -0.2) is 0 Å². The van der Waals surface area contributed by atoms with E-state index in [0.717, 1.165) is 25.4 Å². The van der Waals surface area contributed by atoms with Crippen molar-refractivity contribution in [2.45, 2.75) is 19.4 Å². The Morgan fingerprint density at radius 2 is 2.00 bits per heavy atom. The van der Waals surface area contributed by atoms with E-state index in [1.807, 2.05) is 6.07 Å². The zero-order valence-electron chi connectivity index (χ0n) is 14.0. The monoisotopic (exact) mass is 310 g/mol. The number of ether oxygens (including phenoxy) is 1. The average molecular weight is 310 g/mol. The van der Waals surface area contributed by atoms with Crippen LogP contribution >= 0.6 is 0 Å². The van der Waals surface area contributed by atoms with Crippen molar-refractivity contribution in [2.24, 2.45) is 5.92 Å². The zero-order valence-corrected chi connectivity index (χ0v) is 14.0. The van der Waals surface area contributed by atoms with Crippen LogP contribution in [0.5, 0.6) is 5.75 Å². The van der Waals surface area contributed by atoms with Crippen LogP contribution in [0.4, 0.5) is 5.69 Å². The molecule has 2 aromatic carbocycles. The summed E-state index contributed by atoms with van der Waals surface area (Å²) >= 11 is 0. The van der Waals surface area contributed by atoms with Gasteiger partial charge in [-0.05, 0) is 49.1 Å². The Balaban J connectivity index is 1.51. The molecule has 0 aromatic heterocycles. The first-order valence-electron chi connectivity index (χ1n) is 8.43. The summed E-state index contributed by atoms with van der Waals surface area (Å²) in [7, 11) is 1.72. The number of para-hydroxylation sites is 1. The van der Waals surface area contributed by atoms with Gasteiger partial charge in [0.1, 0.15) is 5.75 Å². The second-order valence-corrected chi connectivity index (χ2v) is 6.34. The number of methoxy groups -OCH3 is 1. The smallest absolute Gasteiger partial charge is 0.119 e. The minimum absolute atomic E-state index is 0.343. The molecule has 1 unspecified atom stereocenters. The van der Waals surface area contributed by atoms with Gasteiger partial charge in [0.05, 0.1) is 7.11 Å². The summed E-state index contributed by atoms with van der Waals surface area (Å²) in [6.45, 7) is 5.58. The van der Waals surface area contributed by atoms with Crippen LogP contribution in [0, 0.1) is 5.92 Å². The van der Waals surface area contributed by atoms with E-state index in [1.54, 1.807) is 7.11 Å². The summed E-state index contributed by atoms with van der Waals surface area (Å²) in [5.41, 5.74) is 2.62. The maximum absolute atomic E-state index is 5.31. The van der Waals surface area contributed by atoms with E-state index in [2.05, 4.69) is 65.7 Å². The standard InChI is InChI=1S/C20H26N2O/c1-16(18-7-6-10-20(13-18)23-2)21-14-17-11-12-22(15-17)19-8-4-3-5-9-19/h3-10,13,16-17,21H,11-12,14-15H2,1-2H3/t16-,17?/m1/s1. The Bertz CT molecular complexity index is 614. The number of hydrogen-bond donors (Lipinski definition) is 1. The highest BCUT2D eigenvalue weighted by Crippen LogP contribution is 2.24. The van der Waals surface area contributed by atoms with E-state index in [4.69, 9.17) is 4.74 Å². The molecule has 0 spiro atoms. The molecular weight excluding hydrogens is 284 g/mol. The van der Waals surface area contributed by atoms with E-state index in [9.17, 15) is 0 Å². The van der Waals surface area contributed by atoms with Gasteiger partial charge >= 0.3 is 0 Å². The van der Waals surface area contributed by atoms with Gasteiger partial charge < -0.3 is 15.0 Å². The van der Waals surface area contributed by atoms with Crippen LogP contribution < -0.4 is 15.0 Å². The Kier molecular flexibility index (Phi) is 5.19. The van der Waals surface area contributed by atoms with Gasteiger partial charge in [0.2, 0.25) is 0 Å². The lowest BCUT2D eigenvalue weighted by molar-refractivity contribution is 0.412. The molecule has 23 heavy (non-hydrogen) atoms. The Hall–Kier alpha value is -2.00. The third-order valence-corrected chi connectivity index (χ3v) is 4.71. The second kappa shape index (κ2) is 7.51. The fourth-order valence-electron chi connectivity index (χ4n) is 3.24. The van der Waals surface area contributed by atoms with E-state index in [-0.39, 0.29) is 0 Å². The molecule has 1 heterocycles. The third-order valence-electron chi connectivity index (χ3n) is 4.71. The molecule has 1 N–H and O–H groups in total. The summed E-state index contributed by atoms with van der Waals surface area (Å²) < 4.78 is 5.31. The van der Waals surface area contributed by atoms with E-state index >= 15 is 0 Å². The van der Waals surface area contributed by atoms with Crippen molar-refractivity contribution in [3.63, 3.8) is 0 Å². The van der Waals surface area contributed by atoms with Crippen LogP contribution in [0.2, 0.25) is 0 Å². The molecule has 0 radical (unpaired) electrons. The minimum atomic E-state index is 0.343. The van der Waals surface area contributed by atoms with Crippen molar-refractivity contribution in [1.29, 1.82) is 0 Å². The highest BCUT2D eigenvalue weighted by atomic mass is 16.5. The molecule has 1 aliphatic rings. The van der Waals surface area contributed by atoms with Crippen LogP contribution in [-0.2, 0) is 0 Å². The van der Waals surface area contributed by atoms with Crippen molar-refractivity contribution in [1.82, 2.24) is 5.32 Å². The molecule has 0 amide bonds. The van der Waals surface area contributed by atoms with Gasteiger partial charge in [-0.2, -0.15) is 0 Å². The minimum Gasteiger partial charge on any atom is -0.497 e. The molecule has 122 valence electrons. The van der Waals surface area contributed by atoms with Crippen LogP contribution in [0.3, 0.4) is 0 Å². The molecular formula is C20H26N2O. The molecule has 2 aromatic rings. The van der Waals surface area contributed by atoms with Gasteiger partial charge in [0, 0.05) is 31.4 Å². The average Bonchev–Trinajstić information content (AvgIpc) is 3.09. The second-order valence-electron chi connectivity index (χ2n) is 6.34. The number of anilines is 1. The van der Waals surface area contributed by atoms with Crippen molar-refractivity contribution in [3.05, 3.63) is 60.2 Å². The molecule has 0 bridgehead atoms. The zero-order chi connectivity index (χ0) is 16.1. The lowest BCUT2D eigenvalue weighted by Gasteiger charge is -2.20. The third kappa shape index (κ3) is 4.05. The van der Waals surface area contributed by atoms with Gasteiger partial charge in [-0.15, -0.1) is 0 Å². The molecule has 3 nitrogen and oxygen atoms in total. The molecule has 1 aliphatic heterocycles. The fourth-order valence-corrected chi connectivity index (χ4v) is 3.24. The predicted molar refractivity (Wildman–Crippen MR) is 96.2 cm³/mol. The SMILES string of the molecule is COc1cccc([C@@H](C)NCC2CCN(c3ccccc3)C2)c1. The molecule has 1 fully saturated rings. The lowest BCUT2D eigenvalue weighted by Crippen LogP contribution is -2.28. The topological polar surface area (TPSA) is 24.5 Å². The number of hydrogen-bond acceptors (Lipinski definition) is 3. The number of nitrogens with zero attached hydrogens (tertiary/aromatic N) is 1. The maximum atomic E-state index is 5.31. The summed E-state index contributed by atoms with van der Waals surface area (Å²) in [5.74, 6) is 1.63. The van der Waals surface area contributed by atoms with Crippen molar-refractivity contribution < 1.29 is 4.74 Å². The van der Waals surface area contributed by atoms with Crippen molar-refractivity contribution >= 4 is 5.69 Å². The normalized spacial score (nSPS) is 18.9. The molecule has 0 saturated carbocycles. The molecule has 0 aliphatic carbocycles. The van der Waals surface area contributed by atoms with E-state index in [0.29, 0.717) is 12.0 Å². The summed E-state index contributed by atoms with van der Waals surface area (Å²) in [6, 6.07) is 19.4. The number of rotatable bonds is 6. The van der Waals surface area contributed by atoms with Gasteiger partial charge in [0.25, 0.3) is 0 Å². The van der Waals surface area contributed by atoms with Crippen molar-refractivity contribution in [3.8, 4) is 5.75 Å². The molecule has 3 heteroatoms. The van der Waals surface area contributed by atoms with Crippen molar-refractivity contribution in [2.75, 3.05) is 31.6 Å². The van der Waals surface area contributed by atoms with E-state index < -0.39 is 0 Å². The lowest BCUT2D eigenvalue weighted by atomic mass is 10.1. The predicted octanol–water partition coefficient (Wildman–Crippen LogP) is 3.87.